The van der Waals surface area contributed by atoms with Crippen molar-refractivity contribution in [1.82, 2.24) is 5.32 Å². The van der Waals surface area contributed by atoms with E-state index in [0.29, 0.717) is 6.54 Å². The van der Waals surface area contributed by atoms with Crippen LogP contribution >= 0.6 is 15.9 Å². The lowest BCUT2D eigenvalue weighted by Crippen LogP contribution is -2.23. The molecule has 1 aromatic carbocycles. The maximum Gasteiger partial charge on any atom is 0.234 e. The molecule has 0 bridgehead atoms. The Morgan fingerprint density at radius 2 is 1.95 bits per heavy atom. The lowest BCUT2D eigenvalue weighted by molar-refractivity contribution is -0.120. The number of hydrogen-bond acceptors (Lipinski definition) is 3. The maximum absolute atomic E-state index is 11.4. The van der Waals surface area contributed by atoms with Crippen LogP contribution < -0.4 is 10.1 Å². The van der Waals surface area contributed by atoms with Gasteiger partial charge in [-0.05, 0) is 37.5 Å². The van der Waals surface area contributed by atoms with E-state index < -0.39 is 0 Å². The van der Waals surface area contributed by atoms with Gasteiger partial charge in [0.1, 0.15) is 12.2 Å². The number of rotatable bonds is 4. The van der Waals surface area contributed by atoms with Crippen LogP contribution in [0.5, 0.6) is 5.75 Å². The fraction of sp³-hybridized carbons (Fsp3) is 0.429. The van der Waals surface area contributed by atoms with Crippen LogP contribution in [0.1, 0.15) is 28.7 Å². The van der Waals surface area contributed by atoms with Crippen molar-refractivity contribution in [1.29, 1.82) is 5.26 Å². The number of halogens is 1. The number of nitrogens with one attached hydrogen (secondary N) is 1. The zero-order chi connectivity index (χ0) is 14.6. The van der Waals surface area contributed by atoms with Crippen molar-refractivity contribution in [2.24, 2.45) is 0 Å². The summed E-state index contributed by atoms with van der Waals surface area (Å²) in [7, 11) is 1.62. The molecule has 0 saturated heterocycles. The van der Waals surface area contributed by atoms with E-state index in [4.69, 9.17) is 10.00 Å². The first kappa shape index (κ1) is 15.5. The lowest BCUT2D eigenvalue weighted by atomic mass is 9.99. The van der Waals surface area contributed by atoms with Crippen LogP contribution in [0.4, 0.5) is 0 Å². The van der Waals surface area contributed by atoms with Crippen molar-refractivity contribution in [3.8, 4) is 11.8 Å². The number of benzene rings is 1. The molecule has 1 rings (SSSR count). The summed E-state index contributed by atoms with van der Waals surface area (Å²) in [5.74, 6) is 0.508. The third-order valence-corrected chi connectivity index (χ3v) is 4.38. The Morgan fingerprint density at radius 1 is 1.32 bits per heavy atom. The van der Waals surface area contributed by atoms with Crippen LogP contribution in [0.2, 0.25) is 0 Å². The standard InChI is InChI=1S/C14H17BrN2O2/c1-8-9(2)14(19-4)11(10(3)13(8)15)7-17-12(18)5-6-16/h5,7H2,1-4H3,(H,17,18). The molecule has 0 saturated carbocycles. The fourth-order valence-electron chi connectivity index (χ4n) is 1.96. The molecule has 0 radical (unpaired) electrons. The zero-order valence-electron chi connectivity index (χ0n) is 11.6. The highest BCUT2D eigenvalue weighted by atomic mass is 79.9. The minimum absolute atomic E-state index is 0.132. The van der Waals surface area contributed by atoms with Gasteiger partial charge < -0.3 is 10.1 Å². The summed E-state index contributed by atoms with van der Waals surface area (Å²) in [5.41, 5.74) is 4.15. The molecule has 5 heteroatoms. The van der Waals surface area contributed by atoms with Crippen LogP contribution in [0, 0.1) is 32.1 Å². The van der Waals surface area contributed by atoms with Crippen molar-refractivity contribution >= 4 is 21.8 Å². The van der Waals surface area contributed by atoms with E-state index in [2.05, 4.69) is 21.2 Å². The van der Waals surface area contributed by atoms with Gasteiger partial charge >= 0.3 is 0 Å². The largest absolute Gasteiger partial charge is 0.496 e. The van der Waals surface area contributed by atoms with Crippen molar-refractivity contribution in [2.45, 2.75) is 33.7 Å². The van der Waals surface area contributed by atoms with Gasteiger partial charge in [0.15, 0.2) is 0 Å². The molecule has 0 atom stereocenters. The smallest absolute Gasteiger partial charge is 0.234 e. The summed E-state index contributed by atoms with van der Waals surface area (Å²) in [6.07, 6.45) is -0.132. The normalized spacial score (nSPS) is 9.89. The van der Waals surface area contributed by atoms with Gasteiger partial charge in [0.2, 0.25) is 5.91 Å². The van der Waals surface area contributed by atoms with Gasteiger partial charge in [-0.3, -0.25) is 4.79 Å². The summed E-state index contributed by atoms with van der Waals surface area (Å²) in [4.78, 5) is 11.4. The number of carbonyl (C=O) groups is 1. The highest BCUT2D eigenvalue weighted by molar-refractivity contribution is 9.10. The van der Waals surface area contributed by atoms with Gasteiger partial charge in [0, 0.05) is 16.6 Å². The number of amides is 1. The average Bonchev–Trinajstić information content (AvgIpc) is 2.39. The van der Waals surface area contributed by atoms with Crippen LogP contribution in [0.15, 0.2) is 4.47 Å². The average molecular weight is 325 g/mol. The van der Waals surface area contributed by atoms with Crippen molar-refractivity contribution in [2.75, 3.05) is 7.11 Å². The molecule has 0 aromatic heterocycles. The Kier molecular flexibility index (Phi) is 5.37. The van der Waals surface area contributed by atoms with Gasteiger partial charge in [0.05, 0.1) is 13.2 Å². The van der Waals surface area contributed by atoms with Crippen LogP contribution in [-0.4, -0.2) is 13.0 Å². The summed E-state index contributed by atoms with van der Waals surface area (Å²) < 4.78 is 6.47. The molecule has 0 fully saturated rings. The number of methoxy groups -OCH3 is 1. The number of ether oxygens (including phenoxy) is 1. The Hall–Kier alpha value is -1.54. The van der Waals surface area contributed by atoms with E-state index in [9.17, 15) is 4.79 Å². The minimum Gasteiger partial charge on any atom is -0.496 e. The Bertz CT molecular complexity index is 548. The second kappa shape index (κ2) is 6.58. The third kappa shape index (κ3) is 3.27. The van der Waals surface area contributed by atoms with Gasteiger partial charge in [-0.1, -0.05) is 15.9 Å². The molecule has 1 amide bonds. The first-order valence-corrected chi connectivity index (χ1v) is 6.69. The summed E-state index contributed by atoms with van der Waals surface area (Å²) in [6, 6.07) is 1.83. The Morgan fingerprint density at radius 3 is 2.47 bits per heavy atom. The second-order valence-corrected chi connectivity index (χ2v) is 5.11. The van der Waals surface area contributed by atoms with E-state index in [1.165, 1.54) is 0 Å². The molecular weight excluding hydrogens is 308 g/mol. The van der Waals surface area contributed by atoms with Gasteiger partial charge in [0.25, 0.3) is 0 Å². The quantitative estimate of drug-likeness (QED) is 0.926. The van der Waals surface area contributed by atoms with Gasteiger partial charge in [-0.15, -0.1) is 0 Å². The summed E-state index contributed by atoms with van der Waals surface area (Å²) in [5, 5.41) is 11.2. The molecule has 1 N–H and O–H groups in total. The first-order valence-electron chi connectivity index (χ1n) is 5.89. The molecule has 0 aliphatic rings. The Labute approximate surface area is 121 Å². The maximum atomic E-state index is 11.4. The highest BCUT2D eigenvalue weighted by Crippen LogP contribution is 2.35. The molecule has 0 aliphatic heterocycles. The second-order valence-electron chi connectivity index (χ2n) is 4.31. The van der Waals surface area contributed by atoms with E-state index in [1.54, 1.807) is 7.11 Å². The molecule has 0 spiro atoms. The van der Waals surface area contributed by atoms with Crippen LogP contribution in [-0.2, 0) is 11.3 Å². The predicted octanol–water partition coefficient (Wildman–Crippen LogP) is 2.91. The van der Waals surface area contributed by atoms with E-state index in [-0.39, 0.29) is 12.3 Å². The summed E-state index contributed by atoms with van der Waals surface area (Å²) in [6.45, 7) is 6.34. The van der Waals surface area contributed by atoms with Crippen molar-refractivity contribution in [3.05, 3.63) is 26.7 Å². The van der Waals surface area contributed by atoms with Crippen LogP contribution in [0.3, 0.4) is 0 Å². The monoisotopic (exact) mass is 324 g/mol. The predicted molar refractivity (Wildman–Crippen MR) is 77.0 cm³/mol. The Balaban J connectivity index is 3.13. The molecule has 19 heavy (non-hydrogen) atoms. The third-order valence-electron chi connectivity index (χ3n) is 3.19. The van der Waals surface area contributed by atoms with E-state index in [1.807, 2.05) is 26.8 Å². The van der Waals surface area contributed by atoms with Crippen LogP contribution in [0.25, 0.3) is 0 Å². The zero-order valence-corrected chi connectivity index (χ0v) is 13.1. The molecule has 4 nitrogen and oxygen atoms in total. The number of nitriles is 1. The van der Waals surface area contributed by atoms with Crippen molar-refractivity contribution in [3.63, 3.8) is 0 Å². The van der Waals surface area contributed by atoms with Gasteiger partial charge in [-0.2, -0.15) is 5.26 Å². The molecular formula is C14H17BrN2O2. The SMILES string of the molecule is COc1c(C)c(C)c(Br)c(C)c1CNC(=O)CC#N. The number of nitrogens with zero attached hydrogens (tertiary/aromatic N) is 1. The summed E-state index contributed by atoms with van der Waals surface area (Å²) >= 11 is 3.56. The highest BCUT2D eigenvalue weighted by Gasteiger charge is 2.17. The lowest BCUT2D eigenvalue weighted by Gasteiger charge is -2.19. The van der Waals surface area contributed by atoms with Gasteiger partial charge in [-0.25, -0.2) is 0 Å². The number of carbonyl (C=O) groups excluding carboxylic acids is 1. The fourth-order valence-corrected chi connectivity index (χ4v) is 2.49. The molecule has 0 unspecified atom stereocenters. The van der Waals surface area contributed by atoms with E-state index >= 15 is 0 Å². The molecule has 1 aromatic rings. The number of hydrogen-bond donors (Lipinski definition) is 1. The molecule has 0 heterocycles. The topological polar surface area (TPSA) is 62.1 Å². The minimum atomic E-state index is -0.279. The molecule has 0 aliphatic carbocycles. The van der Waals surface area contributed by atoms with E-state index in [0.717, 1.165) is 32.5 Å². The molecule has 102 valence electrons. The first-order chi connectivity index (χ1) is 8.93. The van der Waals surface area contributed by atoms with Crippen molar-refractivity contribution < 1.29 is 9.53 Å².